The molecule has 0 atom stereocenters. The number of hydrogen-bond donors (Lipinski definition) is 2. The highest BCUT2D eigenvalue weighted by atomic mass is 19.1. The lowest BCUT2D eigenvalue weighted by Gasteiger charge is -2.08. The molecular formula is C20H18FN7O3. The molecule has 11 heteroatoms. The predicted molar refractivity (Wildman–Crippen MR) is 109 cm³/mol. The van der Waals surface area contributed by atoms with Gasteiger partial charge in [-0.05, 0) is 31.2 Å². The normalized spacial score (nSPS) is 10.8. The standard InChI is InChI=1S/C20H18FN7O3/c1-11-15(9-22-27(11)2)24-20(30)18-16(10-23-28(18)3)25-19(29)14-8-17(31-26-14)12-4-6-13(21)7-5-12/h4-10H,1-3H3,(H,24,30)(H,25,29). The van der Waals surface area contributed by atoms with Gasteiger partial charge in [-0.25, -0.2) is 4.39 Å². The lowest BCUT2D eigenvalue weighted by Crippen LogP contribution is -2.20. The van der Waals surface area contributed by atoms with Gasteiger partial charge in [-0.15, -0.1) is 0 Å². The third-order valence-corrected chi connectivity index (χ3v) is 4.76. The summed E-state index contributed by atoms with van der Waals surface area (Å²) in [5.41, 5.74) is 2.25. The number of nitrogens with one attached hydrogen (secondary N) is 2. The number of aromatic nitrogens is 5. The van der Waals surface area contributed by atoms with Crippen LogP contribution in [0.2, 0.25) is 0 Å². The number of rotatable bonds is 5. The largest absolute Gasteiger partial charge is 0.355 e. The minimum atomic E-state index is -0.586. The van der Waals surface area contributed by atoms with Crippen molar-refractivity contribution in [3.8, 4) is 11.3 Å². The summed E-state index contributed by atoms with van der Waals surface area (Å²) in [4.78, 5) is 25.4. The second kappa shape index (κ2) is 7.86. The fourth-order valence-corrected chi connectivity index (χ4v) is 2.92. The molecule has 0 fully saturated rings. The number of carbonyl (C=O) groups is 2. The van der Waals surface area contributed by atoms with Crippen molar-refractivity contribution < 1.29 is 18.5 Å². The molecule has 4 aromatic rings. The molecule has 0 bridgehead atoms. The lowest BCUT2D eigenvalue weighted by atomic mass is 10.1. The number of hydrogen-bond acceptors (Lipinski definition) is 6. The zero-order valence-electron chi connectivity index (χ0n) is 16.9. The van der Waals surface area contributed by atoms with E-state index in [0.717, 1.165) is 5.69 Å². The topological polar surface area (TPSA) is 120 Å². The van der Waals surface area contributed by atoms with Crippen molar-refractivity contribution in [3.05, 3.63) is 65.6 Å². The molecule has 158 valence electrons. The number of aryl methyl sites for hydroxylation is 2. The van der Waals surface area contributed by atoms with E-state index in [1.54, 1.807) is 18.8 Å². The SMILES string of the molecule is Cc1c(NC(=O)c2c(NC(=O)c3cc(-c4ccc(F)cc4)on3)cnn2C)cnn1C. The van der Waals surface area contributed by atoms with E-state index in [9.17, 15) is 14.0 Å². The molecule has 0 unspecified atom stereocenters. The average Bonchev–Trinajstić information content (AvgIpc) is 3.45. The van der Waals surface area contributed by atoms with Crippen LogP contribution in [0.4, 0.5) is 15.8 Å². The summed E-state index contributed by atoms with van der Waals surface area (Å²) in [6.07, 6.45) is 2.90. The molecule has 0 spiro atoms. The van der Waals surface area contributed by atoms with Gasteiger partial charge in [0.25, 0.3) is 11.8 Å². The van der Waals surface area contributed by atoms with Crippen molar-refractivity contribution >= 4 is 23.2 Å². The van der Waals surface area contributed by atoms with Gasteiger partial charge in [0.15, 0.2) is 11.5 Å². The van der Waals surface area contributed by atoms with Crippen LogP contribution in [-0.2, 0) is 14.1 Å². The van der Waals surface area contributed by atoms with E-state index in [1.165, 1.54) is 47.4 Å². The summed E-state index contributed by atoms with van der Waals surface area (Å²) < 4.78 is 21.3. The summed E-state index contributed by atoms with van der Waals surface area (Å²) >= 11 is 0. The summed E-state index contributed by atoms with van der Waals surface area (Å²) in [5, 5.41) is 17.3. The first kappa shape index (κ1) is 20.0. The van der Waals surface area contributed by atoms with Gasteiger partial charge in [-0.1, -0.05) is 5.16 Å². The van der Waals surface area contributed by atoms with Gasteiger partial charge in [-0.3, -0.25) is 19.0 Å². The van der Waals surface area contributed by atoms with Crippen LogP contribution in [0.1, 0.15) is 26.7 Å². The maximum atomic E-state index is 13.1. The Hall–Kier alpha value is -4.28. The quantitative estimate of drug-likeness (QED) is 0.509. The van der Waals surface area contributed by atoms with Crippen LogP contribution in [0.5, 0.6) is 0 Å². The summed E-state index contributed by atoms with van der Waals surface area (Å²) in [5.74, 6) is -1.12. The second-order valence-electron chi connectivity index (χ2n) is 6.79. The molecule has 31 heavy (non-hydrogen) atoms. The molecule has 3 aromatic heterocycles. The Bertz CT molecular complexity index is 1270. The molecule has 0 saturated carbocycles. The van der Waals surface area contributed by atoms with Crippen LogP contribution in [0, 0.1) is 12.7 Å². The number of anilines is 2. The van der Waals surface area contributed by atoms with E-state index < -0.39 is 11.8 Å². The average molecular weight is 423 g/mol. The Kier molecular flexibility index (Phi) is 5.07. The fourth-order valence-electron chi connectivity index (χ4n) is 2.92. The Morgan fingerprint density at radius 3 is 2.29 bits per heavy atom. The van der Waals surface area contributed by atoms with Crippen LogP contribution in [0.3, 0.4) is 0 Å². The molecule has 2 N–H and O–H groups in total. The van der Waals surface area contributed by atoms with E-state index in [-0.39, 0.29) is 22.9 Å². The summed E-state index contributed by atoms with van der Waals surface area (Å²) in [6.45, 7) is 1.82. The number of halogens is 1. The minimum Gasteiger partial charge on any atom is -0.355 e. The minimum absolute atomic E-state index is 0.00219. The van der Waals surface area contributed by atoms with Crippen molar-refractivity contribution in [1.29, 1.82) is 0 Å². The number of amides is 2. The number of carbonyl (C=O) groups excluding carboxylic acids is 2. The van der Waals surface area contributed by atoms with Gasteiger partial charge in [-0.2, -0.15) is 10.2 Å². The molecule has 1 aromatic carbocycles. The van der Waals surface area contributed by atoms with Crippen LogP contribution < -0.4 is 10.6 Å². The molecule has 3 heterocycles. The van der Waals surface area contributed by atoms with Crippen LogP contribution in [-0.4, -0.2) is 36.5 Å². The third-order valence-electron chi connectivity index (χ3n) is 4.76. The van der Waals surface area contributed by atoms with Crippen molar-refractivity contribution in [2.75, 3.05) is 10.6 Å². The van der Waals surface area contributed by atoms with Crippen molar-refractivity contribution in [2.24, 2.45) is 14.1 Å². The molecule has 0 aliphatic heterocycles. The van der Waals surface area contributed by atoms with E-state index in [2.05, 4.69) is 26.0 Å². The zero-order valence-corrected chi connectivity index (χ0v) is 16.9. The molecule has 4 rings (SSSR count). The predicted octanol–water partition coefficient (Wildman–Crippen LogP) is 2.76. The van der Waals surface area contributed by atoms with Gasteiger partial charge in [0.1, 0.15) is 11.5 Å². The van der Waals surface area contributed by atoms with Gasteiger partial charge >= 0.3 is 0 Å². The molecule has 10 nitrogen and oxygen atoms in total. The molecule has 0 aliphatic rings. The van der Waals surface area contributed by atoms with Crippen molar-refractivity contribution in [1.82, 2.24) is 24.7 Å². The number of nitrogens with zero attached hydrogens (tertiary/aromatic N) is 5. The highest BCUT2D eigenvalue weighted by Gasteiger charge is 2.22. The molecule has 0 aliphatic carbocycles. The maximum absolute atomic E-state index is 13.1. The molecular weight excluding hydrogens is 405 g/mol. The summed E-state index contributed by atoms with van der Waals surface area (Å²) in [6, 6.07) is 7.02. The van der Waals surface area contributed by atoms with Gasteiger partial charge in [0.2, 0.25) is 0 Å². The van der Waals surface area contributed by atoms with Crippen molar-refractivity contribution in [3.63, 3.8) is 0 Å². The van der Waals surface area contributed by atoms with Gasteiger partial charge in [0.05, 0.1) is 29.5 Å². The molecule has 0 saturated heterocycles. The summed E-state index contributed by atoms with van der Waals surface area (Å²) in [7, 11) is 3.35. The monoisotopic (exact) mass is 423 g/mol. The van der Waals surface area contributed by atoms with E-state index in [1.807, 2.05) is 6.92 Å². The third kappa shape index (κ3) is 3.92. The Balaban J connectivity index is 1.52. The van der Waals surface area contributed by atoms with E-state index >= 15 is 0 Å². The first-order chi connectivity index (χ1) is 14.8. The molecule has 0 radical (unpaired) electrons. The second-order valence-corrected chi connectivity index (χ2v) is 6.79. The Morgan fingerprint density at radius 2 is 1.61 bits per heavy atom. The van der Waals surface area contributed by atoms with Crippen LogP contribution >= 0.6 is 0 Å². The van der Waals surface area contributed by atoms with Gasteiger partial charge in [0, 0.05) is 25.7 Å². The first-order valence-electron chi connectivity index (χ1n) is 9.19. The lowest BCUT2D eigenvalue weighted by molar-refractivity contribution is 0.101. The van der Waals surface area contributed by atoms with Crippen LogP contribution in [0.15, 0.2) is 47.2 Å². The van der Waals surface area contributed by atoms with Crippen molar-refractivity contribution in [2.45, 2.75) is 6.92 Å². The van der Waals surface area contributed by atoms with Crippen LogP contribution in [0.25, 0.3) is 11.3 Å². The Labute approximate surface area is 175 Å². The number of benzene rings is 1. The fraction of sp³-hybridized carbons (Fsp3) is 0.150. The van der Waals surface area contributed by atoms with E-state index in [0.29, 0.717) is 17.0 Å². The highest BCUT2D eigenvalue weighted by Crippen LogP contribution is 2.22. The van der Waals surface area contributed by atoms with Gasteiger partial charge < -0.3 is 15.2 Å². The Morgan fingerprint density at radius 1 is 0.968 bits per heavy atom. The zero-order chi connectivity index (χ0) is 22.1. The first-order valence-corrected chi connectivity index (χ1v) is 9.19. The smallest absolute Gasteiger partial charge is 0.277 e. The highest BCUT2D eigenvalue weighted by molar-refractivity contribution is 6.11. The maximum Gasteiger partial charge on any atom is 0.277 e. The molecule has 2 amide bonds. The van der Waals surface area contributed by atoms with E-state index in [4.69, 9.17) is 4.52 Å².